The molecule has 0 aliphatic heterocycles. The van der Waals surface area contributed by atoms with Crippen molar-refractivity contribution in [2.24, 2.45) is 0 Å². The first-order chi connectivity index (χ1) is 8.88. The Bertz CT molecular complexity index is 714. The molecule has 2 rings (SSSR count). The standard InChI is InChI=1S/C13H13FN2O2S/c1-9-3-2-4-11(7-9)16-19(17,18)13-8-10(15)5-6-12(13)14/h2-8,16H,15H2,1H3. The van der Waals surface area contributed by atoms with Crippen molar-refractivity contribution >= 4 is 21.4 Å². The molecular weight excluding hydrogens is 267 g/mol. The normalized spacial score (nSPS) is 11.3. The summed E-state index contributed by atoms with van der Waals surface area (Å²) in [5.41, 5.74) is 6.94. The lowest BCUT2D eigenvalue weighted by Gasteiger charge is -2.10. The van der Waals surface area contributed by atoms with Crippen molar-refractivity contribution in [2.75, 3.05) is 10.5 Å². The minimum Gasteiger partial charge on any atom is -0.399 e. The molecule has 0 aliphatic carbocycles. The fourth-order valence-electron chi connectivity index (χ4n) is 1.64. The van der Waals surface area contributed by atoms with Gasteiger partial charge in [0, 0.05) is 11.4 Å². The van der Waals surface area contributed by atoms with Crippen LogP contribution in [-0.2, 0) is 10.0 Å². The van der Waals surface area contributed by atoms with Gasteiger partial charge in [0.2, 0.25) is 0 Å². The Morgan fingerprint density at radius 1 is 1.16 bits per heavy atom. The molecule has 0 spiro atoms. The van der Waals surface area contributed by atoms with Gasteiger partial charge in [0.1, 0.15) is 10.7 Å². The van der Waals surface area contributed by atoms with Gasteiger partial charge < -0.3 is 5.73 Å². The lowest BCUT2D eigenvalue weighted by molar-refractivity contribution is 0.570. The molecule has 3 N–H and O–H groups in total. The first-order valence-corrected chi connectivity index (χ1v) is 7.01. The molecule has 0 aliphatic rings. The first kappa shape index (κ1) is 13.4. The van der Waals surface area contributed by atoms with Crippen molar-refractivity contribution in [1.82, 2.24) is 0 Å². The molecule has 4 nitrogen and oxygen atoms in total. The van der Waals surface area contributed by atoms with E-state index in [2.05, 4.69) is 4.72 Å². The van der Waals surface area contributed by atoms with Crippen molar-refractivity contribution in [3.8, 4) is 0 Å². The summed E-state index contributed by atoms with van der Waals surface area (Å²) in [5.74, 6) is -0.839. The predicted octanol–water partition coefficient (Wildman–Crippen LogP) is 2.52. The number of hydrogen-bond donors (Lipinski definition) is 2. The number of anilines is 2. The zero-order valence-corrected chi connectivity index (χ0v) is 11.0. The average Bonchev–Trinajstić information content (AvgIpc) is 2.31. The van der Waals surface area contributed by atoms with E-state index in [0.717, 1.165) is 17.7 Å². The van der Waals surface area contributed by atoms with Gasteiger partial charge >= 0.3 is 0 Å². The molecule has 100 valence electrons. The number of rotatable bonds is 3. The van der Waals surface area contributed by atoms with Crippen LogP contribution in [0.5, 0.6) is 0 Å². The summed E-state index contributed by atoms with van der Waals surface area (Å²) in [4.78, 5) is -0.464. The van der Waals surface area contributed by atoms with E-state index in [4.69, 9.17) is 5.73 Å². The molecule has 0 saturated heterocycles. The summed E-state index contributed by atoms with van der Waals surface area (Å²) in [7, 11) is -3.99. The number of nitrogens with one attached hydrogen (secondary N) is 1. The molecule has 0 atom stereocenters. The second-order valence-electron chi connectivity index (χ2n) is 4.16. The van der Waals surface area contributed by atoms with Crippen molar-refractivity contribution in [3.05, 3.63) is 53.8 Å². The third-order valence-electron chi connectivity index (χ3n) is 2.52. The second-order valence-corrected chi connectivity index (χ2v) is 5.82. The molecule has 0 amide bonds. The number of nitrogens with two attached hydrogens (primary N) is 1. The Morgan fingerprint density at radius 3 is 2.58 bits per heavy atom. The maximum absolute atomic E-state index is 13.6. The van der Waals surface area contributed by atoms with E-state index in [0.29, 0.717) is 5.69 Å². The third-order valence-corrected chi connectivity index (χ3v) is 3.91. The summed E-state index contributed by atoms with van der Waals surface area (Å²) < 4.78 is 40.1. The van der Waals surface area contributed by atoms with Crippen LogP contribution in [-0.4, -0.2) is 8.42 Å². The molecule has 0 fully saturated rings. The molecule has 0 bridgehead atoms. The molecule has 0 heterocycles. The number of hydrogen-bond acceptors (Lipinski definition) is 3. The number of benzene rings is 2. The van der Waals surface area contributed by atoms with E-state index in [1.165, 1.54) is 6.07 Å². The van der Waals surface area contributed by atoms with Gasteiger partial charge in [-0.2, -0.15) is 0 Å². The zero-order chi connectivity index (χ0) is 14.0. The number of nitrogen functional groups attached to an aromatic ring is 1. The van der Waals surface area contributed by atoms with E-state index < -0.39 is 20.7 Å². The van der Waals surface area contributed by atoms with Gasteiger partial charge in [-0.15, -0.1) is 0 Å². The van der Waals surface area contributed by atoms with Crippen molar-refractivity contribution in [1.29, 1.82) is 0 Å². The monoisotopic (exact) mass is 280 g/mol. The van der Waals surface area contributed by atoms with E-state index in [9.17, 15) is 12.8 Å². The number of sulfonamides is 1. The Labute approximate surface area is 111 Å². The highest BCUT2D eigenvalue weighted by Crippen LogP contribution is 2.21. The Morgan fingerprint density at radius 2 is 1.89 bits per heavy atom. The smallest absolute Gasteiger partial charge is 0.264 e. The molecule has 19 heavy (non-hydrogen) atoms. The molecule has 0 saturated carbocycles. The van der Waals surface area contributed by atoms with Crippen LogP contribution in [0.25, 0.3) is 0 Å². The van der Waals surface area contributed by atoms with Gasteiger partial charge in [-0.05, 0) is 42.8 Å². The summed E-state index contributed by atoms with van der Waals surface area (Å²) in [6.45, 7) is 1.83. The third kappa shape index (κ3) is 3.03. The van der Waals surface area contributed by atoms with Crippen LogP contribution in [0.15, 0.2) is 47.4 Å². The molecule has 0 aromatic heterocycles. The topological polar surface area (TPSA) is 72.2 Å². The van der Waals surface area contributed by atoms with Crippen LogP contribution in [0.3, 0.4) is 0 Å². The van der Waals surface area contributed by atoms with Crippen molar-refractivity contribution in [3.63, 3.8) is 0 Å². The Hall–Kier alpha value is -2.08. The van der Waals surface area contributed by atoms with E-state index in [1.54, 1.807) is 18.2 Å². The molecular formula is C13H13FN2O2S. The summed E-state index contributed by atoms with van der Waals surface area (Å²) in [6, 6.07) is 10.2. The van der Waals surface area contributed by atoms with Crippen LogP contribution in [0, 0.1) is 12.7 Å². The highest BCUT2D eigenvalue weighted by molar-refractivity contribution is 7.92. The average molecular weight is 280 g/mol. The van der Waals surface area contributed by atoms with E-state index in [-0.39, 0.29) is 5.69 Å². The Balaban J connectivity index is 2.40. The van der Waals surface area contributed by atoms with Crippen LogP contribution < -0.4 is 10.5 Å². The lowest BCUT2D eigenvalue weighted by atomic mass is 10.2. The second kappa shape index (κ2) is 4.89. The van der Waals surface area contributed by atoms with E-state index >= 15 is 0 Å². The number of aryl methyl sites for hydroxylation is 1. The zero-order valence-electron chi connectivity index (χ0n) is 10.2. The van der Waals surface area contributed by atoms with Crippen LogP contribution >= 0.6 is 0 Å². The van der Waals surface area contributed by atoms with Gasteiger partial charge in [-0.3, -0.25) is 4.72 Å². The molecule has 0 unspecified atom stereocenters. The van der Waals surface area contributed by atoms with Gasteiger partial charge in [0.15, 0.2) is 0 Å². The van der Waals surface area contributed by atoms with Crippen molar-refractivity contribution < 1.29 is 12.8 Å². The maximum Gasteiger partial charge on any atom is 0.264 e. The fraction of sp³-hybridized carbons (Fsp3) is 0.0769. The summed E-state index contributed by atoms with van der Waals surface area (Å²) in [5, 5.41) is 0. The van der Waals surface area contributed by atoms with E-state index in [1.807, 2.05) is 13.0 Å². The van der Waals surface area contributed by atoms with Crippen LogP contribution in [0.2, 0.25) is 0 Å². The lowest BCUT2D eigenvalue weighted by Crippen LogP contribution is -2.15. The summed E-state index contributed by atoms with van der Waals surface area (Å²) >= 11 is 0. The van der Waals surface area contributed by atoms with Gasteiger partial charge in [0.05, 0.1) is 0 Å². The maximum atomic E-state index is 13.6. The molecule has 2 aromatic rings. The van der Waals surface area contributed by atoms with Gasteiger partial charge in [0.25, 0.3) is 10.0 Å². The summed E-state index contributed by atoms with van der Waals surface area (Å²) in [6.07, 6.45) is 0. The minimum atomic E-state index is -3.99. The quantitative estimate of drug-likeness (QED) is 0.848. The molecule has 0 radical (unpaired) electrons. The van der Waals surface area contributed by atoms with Crippen LogP contribution in [0.1, 0.15) is 5.56 Å². The molecule has 6 heteroatoms. The van der Waals surface area contributed by atoms with Gasteiger partial charge in [-0.1, -0.05) is 12.1 Å². The SMILES string of the molecule is Cc1cccc(NS(=O)(=O)c2cc(N)ccc2F)c1. The predicted molar refractivity (Wildman–Crippen MR) is 72.8 cm³/mol. The van der Waals surface area contributed by atoms with Gasteiger partial charge in [-0.25, -0.2) is 12.8 Å². The Kier molecular flexibility index (Phi) is 3.44. The largest absolute Gasteiger partial charge is 0.399 e. The minimum absolute atomic E-state index is 0.186. The number of halogens is 1. The first-order valence-electron chi connectivity index (χ1n) is 5.53. The fourth-order valence-corrected chi connectivity index (χ4v) is 2.81. The highest BCUT2D eigenvalue weighted by atomic mass is 32.2. The van der Waals surface area contributed by atoms with Crippen molar-refractivity contribution in [2.45, 2.75) is 11.8 Å². The molecule has 2 aromatic carbocycles. The van der Waals surface area contributed by atoms with Crippen LogP contribution in [0.4, 0.5) is 15.8 Å². The highest BCUT2D eigenvalue weighted by Gasteiger charge is 2.19.